The minimum absolute atomic E-state index is 0.300. The van der Waals surface area contributed by atoms with Crippen LogP contribution in [-0.2, 0) is 0 Å². The van der Waals surface area contributed by atoms with Crippen LogP contribution in [0.5, 0.6) is 0 Å². The second-order valence-corrected chi connectivity index (χ2v) is 16.5. The molecule has 0 N–H and O–H groups in total. The molecule has 10 heteroatoms. The van der Waals surface area contributed by atoms with Crippen LogP contribution >= 0.6 is 23.5 Å². The van der Waals surface area contributed by atoms with Crippen LogP contribution in [0.2, 0.25) is 0 Å². The lowest BCUT2D eigenvalue weighted by Gasteiger charge is -2.44. The topological polar surface area (TPSA) is 24.7 Å². The predicted octanol–water partition coefficient (Wildman–Crippen LogP) is 11.9. The number of fused-ring (bicyclic) bond motifs is 8. The third kappa shape index (κ3) is 3.69. The van der Waals surface area contributed by atoms with Crippen molar-refractivity contribution >= 4 is 76.7 Å². The van der Waals surface area contributed by atoms with Crippen molar-refractivity contribution in [3.8, 4) is 0 Å². The zero-order chi connectivity index (χ0) is 35.3. The molecule has 0 spiro atoms. The maximum atomic E-state index is 16.2. The summed E-state index contributed by atoms with van der Waals surface area (Å²) < 4.78 is 92.7. The van der Waals surface area contributed by atoms with E-state index in [0.29, 0.717) is 21.2 Å². The zero-order valence-corrected chi connectivity index (χ0v) is 28.5. The van der Waals surface area contributed by atoms with Gasteiger partial charge in [-0.05, 0) is 69.1 Å². The molecule has 6 aromatic rings. The number of thioether (sulfide) groups is 2. The monoisotopic (exact) mass is 722 g/mol. The van der Waals surface area contributed by atoms with Crippen molar-refractivity contribution in [2.24, 2.45) is 9.98 Å². The van der Waals surface area contributed by atoms with Gasteiger partial charge in [0.15, 0.2) is 0 Å². The van der Waals surface area contributed by atoms with Crippen molar-refractivity contribution in [2.45, 2.75) is 41.1 Å². The van der Waals surface area contributed by atoms with Gasteiger partial charge in [-0.25, -0.2) is 9.98 Å². The molecule has 10 rings (SSSR count). The standard InChI is InChI=1S/C41H24F6N2S2/c1-37-33(48-35(50-37)29-25-15-7-3-11-21(25)19-22-12-4-8-16-26(22)29)31-32(40(44,45)41(46,47)39(31,42)43)34-38(37,2)51-36(49-34)30-27-17-9-5-13-23(27)20-24-14-6-10-18-28(24)30/h3-20H,1-2H3. The third-order valence-corrected chi connectivity index (χ3v) is 14.1. The number of allylic oxidation sites excluding steroid dienone is 2. The molecule has 51 heavy (non-hydrogen) atoms. The van der Waals surface area contributed by atoms with Crippen LogP contribution in [0.25, 0.3) is 43.1 Å². The van der Waals surface area contributed by atoms with E-state index >= 15 is 26.3 Å². The summed E-state index contributed by atoms with van der Waals surface area (Å²) in [5.74, 6) is -16.1. The summed E-state index contributed by atoms with van der Waals surface area (Å²) in [5.41, 5.74) is -2.51. The summed E-state index contributed by atoms with van der Waals surface area (Å²) in [6.45, 7) is 3.30. The normalized spacial score (nSPS) is 25.8. The molecule has 2 unspecified atom stereocenters. The van der Waals surface area contributed by atoms with E-state index in [1.54, 1.807) is 13.8 Å². The molecular formula is C41H24F6N2S2. The number of hydrogen-bond donors (Lipinski definition) is 0. The van der Waals surface area contributed by atoms with Crippen molar-refractivity contribution in [1.82, 2.24) is 0 Å². The van der Waals surface area contributed by atoms with Crippen LogP contribution in [0, 0.1) is 0 Å². The van der Waals surface area contributed by atoms with Crippen LogP contribution in [-0.4, -0.2) is 37.3 Å². The number of benzene rings is 6. The van der Waals surface area contributed by atoms with Gasteiger partial charge in [-0.15, -0.1) is 0 Å². The van der Waals surface area contributed by atoms with Crippen LogP contribution in [0.3, 0.4) is 0 Å². The fraction of sp³-hybridized carbons (Fsp3) is 0.171. The summed E-state index contributed by atoms with van der Waals surface area (Å²) in [7, 11) is 0. The SMILES string of the molecule is CC12SC(c3c4ccccc4cc4ccccc34)=NC1=C1C(=C3N=C(c4c5ccccc5cc5ccccc45)SC32C)C(F)(F)C(F)(F)C1(F)F. The van der Waals surface area contributed by atoms with Crippen LogP contribution in [0.1, 0.15) is 25.0 Å². The molecule has 0 amide bonds. The predicted molar refractivity (Wildman–Crippen MR) is 197 cm³/mol. The molecular weight excluding hydrogens is 699 g/mol. The Labute approximate surface area is 296 Å². The number of nitrogens with zero attached hydrogens (tertiary/aromatic N) is 2. The minimum Gasteiger partial charge on any atom is -0.244 e. The first-order valence-corrected chi connectivity index (χ1v) is 17.9. The van der Waals surface area contributed by atoms with Gasteiger partial charge in [0.2, 0.25) is 0 Å². The first-order valence-electron chi connectivity index (χ1n) is 16.3. The van der Waals surface area contributed by atoms with Crippen molar-refractivity contribution < 1.29 is 26.3 Å². The highest BCUT2D eigenvalue weighted by Crippen LogP contribution is 2.73. The van der Waals surface area contributed by atoms with Crippen molar-refractivity contribution in [3.05, 3.63) is 143 Å². The molecule has 0 aromatic heterocycles. The van der Waals surface area contributed by atoms with Crippen molar-refractivity contribution in [1.29, 1.82) is 0 Å². The molecule has 2 nitrogen and oxygen atoms in total. The van der Waals surface area contributed by atoms with Gasteiger partial charge in [0, 0.05) is 11.1 Å². The maximum Gasteiger partial charge on any atom is 0.380 e. The Morgan fingerprint density at radius 3 is 1.06 bits per heavy atom. The lowest BCUT2D eigenvalue weighted by atomic mass is 9.77. The second kappa shape index (κ2) is 9.86. The molecule has 0 bridgehead atoms. The number of halogens is 6. The molecule has 2 aliphatic heterocycles. The van der Waals surface area contributed by atoms with Crippen molar-refractivity contribution in [2.75, 3.05) is 0 Å². The number of rotatable bonds is 2. The number of alkyl halides is 6. The molecule has 2 aliphatic carbocycles. The van der Waals surface area contributed by atoms with Gasteiger partial charge in [0.1, 0.15) is 10.1 Å². The smallest absolute Gasteiger partial charge is 0.244 e. The minimum atomic E-state index is -5.71. The van der Waals surface area contributed by atoms with Gasteiger partial charge in [0.25, 0.3) is 0 Å². The Balaban J connectivity index is 1.28. The second-order valence-electron chi connectivity index (χ2n) is 13.7. The first kappa shape index (κ1) is 31.2. The van der Waals surface area contributed by atoms with Crippen LogP contribution in [0.4, 0.5) is 26.3 Å². The Morgan fingerprint density at radius 1 is 0.451 bits per heavy atom. The first-order chi connectivity index (χ1) is 24.3. The quantitative estimate of drug-likeness (QED) is 0.131. The summed E-state index contributed by atoms with van der Waals surface area (Å²) in [4.78, 5) is 9.48. The molecule has 4 aliphatic rings. The Morgan fingerprint density at radius 2 is 0.745 bits per heavy atom. The lowest BCUT2D eigenvalue weighted by Crippen LogP contribution is -2.49. The van der Waals surface area contributed by atoms with Gasteiger partial charge >= 0.3 is 17.8 Å². The largest absolute Gasteiger partial charge is 0.380 e. The average Bonchev–Trinajstić information content (AvgIpc) is 3.69. The van der Waals surface area contributed by atoms with Crippen LogP contribution < -0.4 is 0 Å². The molecule has 2 heterocycles. The van der Waals surface area contributed by atoms with E-state index in [-0.39, 0.29) is 0 Å². The summed E-state index contributed by atoms with van der Waals surface area (Å²) in [6, 6.07) is 34.2. The summed E-state index contributed by atoms with van der Waals surface area (Å²) >= 11 is 2.30. The molecule has 1 fully saturated rings. The van der Waals surface area contributed by atoms with Gasteiger partial charge in [-0.1, -0.05) is 121 Å². The highest BCUT2D eigenvalue weighted by atomic mass is 32.2. The summed E-state index contributed by atoms with van der Waals surface area (Å²) in [6.07, 6.45) is 0. The van der Waals surface area contributed by atoms with Gasteiger partial charge < -0.3 is 0 Å². The average molecular weight is 723 g/mol. The third-order valence-electron chi connectivity index (χ3n) is 11.0. The molecule has 1 saturated carbocycles. The van der Waals surface area contributed by atoms with E-state index < -0.39 is 49.8 Å². The van der Waals surface area contributed by atoms with E-state index in [4.69, 9.17) is 9.98 Å². The molecule has 6 aromatic carbocycles. The van der Waals surface area contributed by atoms with E-state index in [2.05, 4.69) is 0 Å². The van der Waals surface area contributed by atoms with Gasteiger partial charge in [-0.3, -0.25) is 0 Å². The molecule has 2 atom stereocenters. The zero-order valence-electron chi connectivity index (χ0n) is 26.9. The Kier molecular flexibility index (Phi) is 6.04. The van der Waals surface area contributed by atoms with Gasteiger partial charge in [0.05, 0.1) is 32.0 Å². The van der Waals surface area contributed by atoms with E-state index in [1.165, 1.54) is 0 Å². The molecule has 0 radical (unpaired) electrons. The van der Waals surface area contributed by atoms with E-state index in [1.807, 2.05) is 109 Å². The highest BCUT2D eigenvalue weighted by molar-refractivity contribution is 8.20. The fourth-order valence-electron chi connectivity index (χ4n) is 8.24. The van der Waals surface area contributed by atoms with E-state index in [0.717, 1.165) is 66.6 Å². The number of aliphatic imine (C=N–C) groups is 2. The highest BCUT2D eigenvalue weighted by Gasteiger charge is 2.85. The Hall–Kier alpha value is -4.54. The molecule has 0 saturated heterocycles. The van der Waals surface area contributed by atoms with Crippen molar-refractivity contribution in [3.63, 3.8) is 0 Å². The maximum absolute atomic E-state index is 16.2. The van der Waals surface area contributed by atoms with Gasteiger partial charge in [-0.2, -0.15) is 26.3 Å². The fourth-order valence-corrected chi connectivity index (χ4v) is 11.3. The summed E-state index contributed by atoms with van der Waals surface area (Å²) in [5, 5.41) is 7.18. The number of hydrogen-bond acceptors (Lipinski definition) is 4. The lowest BCUT2D eigenvalue weighted by molar-refractivity contribution is -0.258. The Bertz CT molecular complexity index is 2440. The van der Waals surface area contributed by atoms with Crippen LogP contribution in [0.15, 0.2) is 142 Å². The molecule has 252 valence electrons. The van der Waals surface area contributed by atoms with E-state index in [9.17, 15) is 0 Å².